The number of aromatic amines is 1. The Morgan fingerprint density at radius 2 is 1.96 bits per heavy atom. The molecule has 2 aromatic heterocycles. The molecule has 2 atom stereocenters. The Hall–Kier alpha value is -5.55. The number of esters is 2. The molecular formula is C34H36ClN9O5. The molecule has 0 fully saturated rings. The van der Waals surface area contributed by atoms with Crippen LogP contribution in [0.5, 0.6) is 0 Å². The van der Waals surface area contributed by atoms with Crippen molar-refractivity contribution >= 4 is 41.2 Å². The SMILES string of the molecule is COC(=O)Cc1ccc2c(c1)N[C@@H](C(=O)OC(C)(C)C)CCCC[C@H](NC(=O)/C=C/c1cc(Cl)ccc1-n1cnnn1)c1nc(C#N)c-2[nH]1. The zero-order valence-corrected chi connectivity index (χ0v) is 28.2. The smallest absolute Gasteiger partial charge is 0.329 e. The van der Waals surface area contributed by atoms with E-state index in [1.807, 2.05) is 0 Å². The summed E-state index contributed by atoms with van der Waals surface area (Å²) in [5.41, 5.74) is 2.73. The Morgan fingerprint density at radius 3 is 2.67 bits per heavy atom. The molecule has 3 N–H and O–H groups in total. The summed E-state index contributed by atoms with van der Waals surface area (Å²) in [5, 5.41) is 28.2. The van der Waals surface area contributed by atoms with Crippen LogP contribution in [0.25, 0.3) is 23.0 Å². The number of benzene rings is 2. The molecule has 0 spiro atoms. The summed E-state index contributed by atoms with van der Waals surface area (Å²) in [6.07, 6.45) is 6.55. The number of tetrazole rings is 1. The maximum Gasteiger partial charge on any atom is 0.329 e. The summed E-state index contributed by atoms with van der Waals surface area (Å²) < 4.78 is 12.1. The number of aromatic nitrogens is 6. The fourth-order valence-electron chi connectivity index (χ4n) is 5.42. The maximum absolute atomic E-state index is 13.4. The van der Waals surface area contributed by atoms with Gasteiger partial charge in [0.2, 0.25) is 5.91 Å². The Balaban J connectivity index is 1.49. The number of nitriles is 1. The average Bonchev–Trinajstić information content (AvgIpc) is 3.74. The molecule has 3 heterocycles. The van der Waals surface area contributed by atoms with Crippen molar-refractivity contribution in [1.82, 2.24) is 35.5 Å². The average molecular weight is 686 g/mol. The first-order chi connectivity index (χ1) is 23.4. The lowest BCUT2D eigenvalue weighted by molar-refractivity contribution is -0.156. The number of hydrogen-bond donors (Lipinski definition) is 3. The van der Waals surface area contributed by atoms with E-state index in [2.05, 4.69) is 42.2 Å². The molecule has 254 valence electrons. The number of nitrogens with zero attached hydrogens (tertiary/aromatic N) is 6. The zero-order valence-electron chi connectivity index (χ0n) is 27.5. The number of methoxy groups -OCH3 is 1. The summed E-state index contributed by atoms with van der Waals surface area (Å²) in [4.78, 5) is 46.7. The van der Waals surface area contributed by atoms with Crippen LogP contribution in [0.2, 0.25) is 5.02 Å². The predicted molar refractivity (Wildman–Crippen MR) is 180 cm³/mol. The second-order valence-electron chi connectivity index (χ2n) is 12.5. The Kier molecular flexibility index (Phi) is 10.7. The van der Waals surface area contributed by atoms with Crippen molar-refractivity contribution in [3.8, 4) is 23.0 Å². The van der Waals surface area contributed by atoms with Gasteiger partial charge in [0.1, 0.15) is 29.9 Å². The van der Waals surface area contributed by atoms with Crippen molar-refractivity contribution in [1.29, 1.82) is 5.26 Å². The number of nitrogens with one attached hydrogen (secondary N) is 3. The Labute approximate surface area is 287 Å². The van der Waals surface area contributed by atoms with Crippen LogP contribution in [0.3, 0.4) is 0 Å². The van der Waals surface area contributed by atoms with Gasteiger partial charge in [-0.15, -0.1) is 5.10 Å². The highest BCUT2D eigenvalue weighted by Crippen LogP contribution is 2.34. The number of ether oxygens (including phenoxy) is 2. The largest absolute Gasteiger partial charge is 0.469 e. The molecule has 49 heavy (non-hydrogen) atoms. The first-order valence-corrected chi connectivity index (χ1v) is 16.0. The second-order valence-corrected chi connectivity index (χ2v) is 12.9. The molecule has 14 nitrogen and oxygen atoms in total. The lowest BCUT2D eigenvalue weighted by Crippen LogP contribution is -2.37. The van der Waals surface area contributed by atoms with Crippen LogP contribution in [0.4, 0.5) is 5.69 Å². The van der Waals surface area contributed by atoms with E-state index in [1.54, 1.807) is 63.2 Å². The van der Waals surface area contributed by atoms with Crippen LogP contribution < -0.4 is 10.6 Å². The van der Waals surface area contributed by atoms with Gasteiger partial charge in [0.25, 0.3) is 0 Å². The molecule has 5 rings (SSSR count). The molecule has 2 aromatic carbocycles. The van der Waals surface area contributed by atoms with Gasteiger partial charge in [0.05, 0.1) is 31.0 Å². The van der Waals surface area contributed by atoms with Gasteiger partial charge >= 0.3 is 11.9 Å². The number of H-pyrrole nitrogens is 1. The van der Waals surface area contributed by atoms with Crippen LogP contribution in [0.15, 0.2) is 48.8 Å². The number of amides is 1. The van der Waals surface area contributed by atoms with Crippen molar-refractivity contribution in [3.63, 3.8) is 0 Å². The third kappa shape index (κ3) is 8.88. The number of imidazole rings is 1. The quantitative estimate of drug-likeness (QED) is 0.178. The molecule has 0 saturated carbocycles. The molecule has 0 radical (unpaired) electrons. The van der Waals surface area contributed by atoms with Crippen LogP contribution in [-0.4, -0.2) is 66.8 Å². The standard InChI is InChI=1S/C34H36ClN9O5/c1-34(2,3)49-33(47)25-8-6-5-7-24(39-29(45)14-10-21-17-22(35)11-13-28(21)44-19-37-42-43-44)32-40-27(18-36)31(41-32)23-12-9-20(15-26(23)38-25)16-30(46)48-4/h9-15,17,19,24-25,38H,5-8,16H2,1-4H3,(H,39,45)(H,40,41)/b14-10+/t24-,25+/m0/s1. The van der Waals surface area contributed by atoms with Crippen LogP contribution in [-0.2, 0) is 30.3 Å². The normalized spacial score (nSPS) is 16.3. The maximum atomic E-state index is 13.4. The van der Waals surface area contributed by atoms with Crippen LogP contribution in [0, 0.1) is 11.3 Å². The van der Waals surface area contributed by atoms with E-state index in [-0.39, 0.29) is 12.1 Å². The minimum Gasteiger partial charge on any atom is -0.469 e. The van der Waals surface area contributed by atoms with E-state index in [0.717, 1.165) is 0 Å². The molecule has 0 unspecified atom stereocenters. The summed E-state index contributed by atoms with van der Waals surface area (Å²) in [6, 6.07) is 11.2. The lowest BCUT2D eigenvalue weighted by atomic mass is 10.00. The molecular weight excluding hydrogens is 650 g/mol. The summed E-state index contributed by atoms with van der Waals surface area (Å²) in [6.45, 7) is 5.40. The van der Waals surface area contributed by atoms with Gasteiger partial charge in [-0.3, -0.25) is 9.59 Å². The third-order valence-electron chi connectivity index (χ3n) is 7.66. The lowest BCUT2D eigenvalue weighted by Gasteiger charge is -2.26. The van der Waals surface area contributed by atoms with E-state index in [1.165, 1.54) is 24.2 Å². The van der Waals surface area contributed by atoms with Gasteiger partial charge in [-0.1, -0.05) is 36.6 Å². The van der Waals surface area contributed by atoms with Gasteiger partial charge in [0.15, 0.2) is 5.69 Å². The third-order valence-corrected chi connectivity index (χ3v) is 7.90. The van der Waals surface area contributed by atoms with Crippen LogP contribution >= 0.6 is 11.6 Å². The molecule has 1 aliphatic heterocycles. The summed E-state index contributed by atoms with van der Waals surface area (Å²) in [5.74, 6) is -0.860. The van der Waals surface area contributed by atoms with E-state index in [9.17, 15) is 19.6 Å². The zero-order chi connectivity index (χ0) is 35.1. The van der Waals surface area contributed by atoms with E-state index >= 15 is 0 Å². The number of anilines is 1. The number of hydrogen-bond acceptors (Lipinski definition) is 11. The minimum atomic E-state index is -0.734. The Bertz CT molecular complexity index is 1910. The molecule has 1 aliphatic rings. The molecule has 0 saturated heterocycles. The van der Waals surface area contributed by atoms with Gasteiger partial charge in [-0.2, -0.15) is 9.94 Å². The molecule has 2 bridgehead atoms. The number of rotatable bonds is 7. The van der Waals surface area contributed by atoms with Crippen molar-refractivity contribution in [2.24, 2.45) is 0 Å². The number of halogens is 1. The Morgan fingerprint density at radius 1 is 1.16 bits per heavy atom. The highest BCUT2D eigenvalue weighted by molar-refractivity contribution is 6.30. The van der Waals surface area contributed by atoms with Crippen molar-refractivity contribution in [2.45, 2.75) is 70.6 Å². The first-order valence-electron chi connectivity index (χ1n) is 15.6. The van der Waals surface area contributed by atoms with Crippen molar-refractivity contribution in [2.75, 3.05) is 12.4 Å². The number of fused-ring (bicyclic) bond motifs is 4. The fraction of sp³-hybridized carbons (Fsp3) is 0.353. The topological polar surface area (TPSA) is 190 Å². The highest BCUT2D eigenvalue weighted by atomic mass is 35.5. The monoisotopic (exact) mass is 685 g/mol. The van der Waals surface area contributed by atoms with Gasteiger partial charge < -0.3 is 25.1 Å². The predicted octanol–water partition coefficient (Wildman–Crippen LogP) is 4.86. The van der Waals surface area contributed by atoms with Crippen molar-refractivity contribution in [3.05, 3.63) is 76.5 Å². The molecule has 15 heteroatoms. The fourth-order valence-corrected chi connectivity index (χ4v) is 5.60. The summed E-state index contributed by atoms with van der Waals surface area (Å²) >= 11 is 6.24. The molecule has 1 amide bonds. The van der Waals surface area contributed by atoms with Gasteiger partial charge in [0, 0.05) is 27.9 Å². The molecule has 0 aliphatic carbocycles. The van der Waals surface area contributed by atoms with E-state index in [4.69, 9.17) is 21.1 Å². The second kappa shape index (κ2) is 15.1. The number of carbonyl (C=O) groups excluding carboxylic acids is 3. The number of carbonyl (C=O) groups is 3. The first kappa shape index (κ1) is 34.8. The minimum absolute atomic E-state index is 0.00984. The summed E-state index contributed by atoms with van der Waals surface area (Å²) in [7, 11) is 1.31. The van der Waals surface area contributed by atoms with E-state index < -0.39 is 35.5 Å². The van der Waals surface area contributed by atoms with Crippen molar-refractivity contribution < 1.29 is 23.9 Å². The molecule has 4 aromatic rings. The van der Waals surface area contributed by atoms with Gasteiger partial charge in [-0.05, 0) is 79.9 Å². The van der Waals surface area contributed by atoms with Crippen LogP contribution in [0.1, 0.15) is 75.1 Å². The van der Waals surface area contributed by atoms with Gasteiger partial charge in [-0.25, -0.2) is 9.78 Å². The highest BCUT2D eigenvalue weighted by Gasteiger charge is 2.29. The van der Waals surface area contributed by atoms with E-state index in [0.29, 0.717) is 70.3 Å².